The topological polar surface area (TPSA) is 29.5 Å². The molecule has 13 heavy (non-hydrogen) atoms. The third kappa shape index (κ3) is 3.75. The summed E-state index contributed by atoms with van der Waals surface area (Å²) in [5.41, 5.74) is 1.36. The second-order valence-electron chi connectivity index (χ2n) is 3.28. The average Bonchev–Trinajstić information content (AvgIpc) is 2.16. The number of rotatable bonds is 4. The van der Waals surface area contributed by atoms with E-state index in [1.54, 1.807) is 0 Å². The highest BCUT2D eigenvalue weighted by molar-refractivity contribution is 5.20. The van der Waals surface area contributed by atoms with Crippen LogP contribution in [-0.4, -0.2) is 24.4 Å². The summed E-state index contributed by atoms with van der Waals surface area (Å²) in [5.74, 6) is 0. The summed E-state index contributed by atoms with van der Waals surface area (Å²) in [6.07, 6.45) is 9.93. The molecule has 0 heterocycles. The molecule has 0 aliphatic heterocycles. The van der Waals surface area contributed by atoms with Gasteiger partial charge in [-0.05, 0) is 31.8 Å². The van der Waals surface area contributed by atoms with Crippen LogP contribution in [0.5, 0.6) is 0 Å². The molecule has 0 bridgehead atoms. The van der Waals surface area contributed by atoms with Crippen LogP contribution in [0, 0.1) is 0 Å². The van der Waals surface area contributed by atoms with Gasteiger partial charge in [0.25, 0.3) is 0 Å². The lowest BCUT2D eigenvalue weighted by molar-refractivity contribution is 0.0231. The monoisotopic (exact) mass is 182 g/mol. The first-order valence-electron chi connectivity index (χ1n) is 4.91. The van der Waals surface area contributed by atoms with Crippen molar-refractivity contribution >= 4 is 0 Å². The van der Waals surface area contributed by atoms with E-state index in [1.807, 2.05) is 6.92 Å². The molecule has 1 unspecified atom stereocenters. The molecule has 2 nitrogen and oxygen atoms in total. The Balaban J connectivity index is 2.34. The Kier molecular flexibility index (Phi) is 4.79. The Morgan fingerprint density at radius 1 is 1.69 bits per heavy atom. The van der Waals surface area contributed by atoms with Gasteiger partial charge in [0.15, 0.2) is 0 Å². The van der Waals surface area contributed by atoms with Crippen LogP contribution in [0.15, 0.2) is 23.8 Å². The third-order valence-electron chi connectivity index (χ3n) is 2.18. The first-order chi connectivity index (χ1) is 6.36. The van der Waals surface area contributed by atoms with Gasteiger partial charge in [0.1, 0.15) is 0 Å². The Morgan fingerprint density at radius 3 is 3.23 bits per heavy atom. The van der Waals surface area contributed by atoms with E-state index in [9.17, 15) is 0 Å². The van der Waals surface area contributed by atoms with E-state index in [1.165, 1.54) is 5.57 Å². The molecule has 1 rings (SSSR count). The SMILES string of the molecule is C/C=C/C1=CCCC(OCCO)C1. The Labute approximate surface area is 79.9 Å². The zero-order chi connectivity index (χ0) is 9.52. The predicted molar refractivity (Wildman–Crippen MR) is 53.6 cm³/mol. The van der Waals surface area contributed by atoms with Gasteiger partial charge >= 0.3 is 0 Å². The molecule has 0 spiro atoms. The first-order valence-corrected chi connectivity index (χ1v) is 4.91. The minimum Gasteiger partial charge on any atom is -0.394 e. The number of hydrogen-bond donors (Lipinski definition) is 1. The van der Waals surface area contributed by atoms with Crippen molar-refractivity contribution in [1.82, 2.24) is 0 Å². The van der Waals surface area contributed by atoms with Crippen molar-refractivity contribution in [2.75, 3.05) is 13.2 Å². The number of aliphatic hydroxyl groups is 1. The van der Waals surface area contributed by atoms with E-state index in [4.69, 9.17) is 9.84 Å². The molecule has 2 heteroatoms. The molecular weight excluding hydrogens is 164 g/mol. The van der Waals surface area contributed by atoms with E-state index in [2.05, 4.69) is 18.2 Å². The fraction of sp³-hybridized carbons (Fsp3) is 0.636. The minimum absolute atomic E-state index is 0.124. The number of allylic oxidation sites excluding steroid dienone is 3. The van der Waals surface area contributed by atoms with E-state index >= 15 is 0 Å². The molecule has 0 fully saturated rings. The Morgan fingerprint density at radius 2 is 2.54 bits per heavy atom. The average molecular weight is 182 g/mol. The molecule has 0 aromatic carbocycles. The van der Waals surface area contributed by atoms with Crippen LogP contribution in [0.4, 0.5) is 0 Å². The summed E-state index contributed by atoms with van der Waals surface area (Å²) >= 11 is 0. The molecular formula is C11H18O2. The number of aliphatic hydroxyl groups excluding tert-OH is 1. The Bertz CT molecular complexity index is 194. The van der Waals surface area contributed by atoms with Crippen LogP contribution in [-0.2, 0) is 4.74 Å². The van der Waals surface area contributed by atoms with Gasteiger partial charge in [0, 0.05) is 0 Å². The van der Waals surface area contributed by atoms with Gasteiger partial charge in [-0.25, -0.2) is 0 Å². The summed E-state index contributed by atoms with van der Waals surface area (Å²) in [4.78, 5) is 0. The van der Waals surface area contributed by atoms with Crippen molar-refractivity contribution < 1.29 is 9.84 Å². The lowest BCUT2D eigenvalue weighted by atomic mass is 9.96. The molecule has 1 aliphatic carbocycles. The fourth-order valence-electron chi connectivity index (χ4n) is 1.61. The van der Waals surface area contributed by atoms with Crippen molar-refractivity contribution in [3.05, 3.63) is 23.8 Å². The quantitative estimate of drug-likeness (QED) is 0.721. The van der Waals surface area contributed by atoms with Crippen LogP contribution in [0.3, 0.4) is 0 Å². The number of ether oxygens (including phenoxy) is 1. The normalized spacial score (nSPS) is 23.5. The second kappa shape index (κ2) is 5.95. The van der Waals surface area contributed by atoms with Gasteiger partial charge < -0.3 is 9.84 Å². The molecule has 1 aliphatic rings. The summed E-state index contributed by atoms with van der Waals surface area (Å²) in [6, 6.07) is 0. The Hall–Kier alpha value is -0.600. The summed E-state index contributed by atoms with van der Waals surface area (Å²) in [7, 11) is 0. The van der Waals surface area contributed by atoms with Gasteiger partial charge in [0.05, 0.1) is 19.3 Å². The van der Waals surface area contributed by atoms with Gasteiger partial charge in [-0.3, -0.25) is 0 Å². The molecule has 0 saturated heterocycles. The highest BCUT2D eigenvalue weighted by Gasteiger charge is 2.13. The highest BCUT2D eigenvalue weighted by atomic mass is 16.5. The van der Waals surface area contributed by atoms with Crippen LogP contribution in [0.2, 0.25) is 0 Å². The minimum atomic E-state index is 0.124. The van der Waals surface area contributed by atoms with E-state index in [-0.39, 0.29) is 6.61 Å². The van der Waals surface area contributed by atoms with Gasteiger partial charge in [0.2, 0.25) is 0 Å². The van der Waals surface area contributed by atoms with Gasteiger partial charge in [-0.15, -0.1) is 0 Å². The highest BCUT2D eigenvalue weighted by Crippen LogP contribution is 2.21. The maximum atomic E-state index is 8.61. The molecule has 0 amide bonds. The molecule has 74 valence electrons. The van der Waals surface area contributed by atoms with Gasteiger partial charge in [-0.2, -0.15) is 0 Å². The van der Waals surface area contributed by atoms with Crippen molar-refractivity contribution in [3.63, 3.8) is 0 Å². The van der Waals surface area contributed by atoms with E-state index in [0.29, 0.717) is 12.7 Å². The summed E-state index contributed by atoms with van der Waals surface area (Å²) < 4.78 is 5.48. The molecule has 0 aromatic rings. The van der Waals surface area contributed by atoms with E-state index in [0.717, 1.165) is 19.3 Å². The van der Waals surface area contributed by atoms with Crippen LogP contribution in [0.25, 0.3) is 0 Å². The van der Waals surface area contributed by atoms with E-state index < -0.39 is 0 Å². The lowest BCUT2D eigenvalue weighted by Gasteiger charge is -2.21. The van der Waals surface area contributed by atoms with Gasteiger partial charge in [-0.1, -0.05) is 18.2 Å². The van der Waals surface area contributed by atoms with Crippen LogP contribution in [0.1, 0.15) is 26.2 Å². The molecule has 0 radical (unpaired) electrons. The van der Waals surface area contributed by atoms with Crippen LogP contribution >= 0.6 is 0 Å². The van der Waals surface area contributed by atoms with Crippen molar-refractivity contribution in [2.24, 2.45) is 0 Å². The summed E-state index contributed by atoms with van der Waals surface area (Å²) in [6.45, 7) is 2.62. The molecule has 1 N–H and O–H groups in total. The molecule has 0 aromatic heterocycles. The zero-order valence-electron chi connectivity index (χ0n) is 8.20. The molecule has 0 saturated carbocycles. The fourth-order valence-corrected chi connectivity index (χ4v) is 1.61. The zero-order valence-corrected chi connectivity index (χ0v) is 8.20. The van der Waals surface area contributed by atoms with Crippen LogP contribution < -0.4 is 0 Å². The second-order valence-corrected chi connectivity index (χ2v) is 3.28. The predicted octanol–water partition coefficient (Wildman–Crippen LogP) is 2.05. The smallest absolute Gasteiger partial charge is 0.0701 e. The maximum absolute atomic E-state index is 8.61. The largest absolute Gasteiger partial charge is 0.394 e. The third-order valence-corrected chi connectivity index (χ3v) is 2.18. The van der Waals surface area contributed by atoms with Crippen molar-refractivity contribution in [2.45, 2.75) is 32.3 Å². The number of hydrogen-bond acceptors (Lipinski definition) is 2. The maximum Gasteiger partial charge on any atom is 0.0701 e. The standard InChI is InChI=1S/C11H18O2/c1-2-4-10-5-3-6-11(9-10)13-8-7-12/h2,4-5,11-12H,3,6-9H2,1H3/b4-2+. The van der Waals surface area contributed by atoms with Crippen molar-refractivity contribution in [3.8, 4) is 0 Å². The lowest BCUT2D eigenvalue weighted by Crippen LogP contribution is -2.18. The summed E-state index contributed by atoms with van der Waals surface area (Å²) in [5, 5.41) is 8.61. The van der Waals surface area contributed by atoms with Crippen molar-refractivity contribution in [1.29, 1.82) is 0 Å². The first kappa shape index (κ1) is 10.5. The molecule has 1 atom stereocenters.